The summed E-state index contributed by atoms with van der Waals surface area (Å²) in [6.45, 7) is 11.9. The van der Waals surface area contributed by atoms with Crippen molar-refractivity contribution in [3.63, 3.8) is 0 Å². The maximum atomic E-state index is 15.9. The number of rotatable bonds is 5. The Hall–Kier alpha value is -6.38. The van der Waals surface area contributed by atoms with Crippen molar-refractivity contribution in [3.8, 4) is 39.6 Å². The molecule has 0 atom stereocenters. The molecule has 0 spiro atoms. The van der Waals surface area contributed by atoms with Crippen molar-refractivity contribution in [2.24, 2.45) is 0 Å². The van der Waals surface area contributed by atoms with E-state index in [9.17, 15) is 4.39 Å². The van der Waals surface area contributed by atoms with Crippen LogP contribution in [-0.2, 0) is 31.9 Å². The van der Waals surface area contributed by atoms with E-state index in [1.54, 1.807) is 57.2 Å². The van der Waals surface area contributed by atoms with E-state index in [0.717, 1.165) is 55.2 Å². The minimum absolute atomic E-state index is 0. The minimum atomic E-state index is -2.23. The van der Waals surface area contributed by atoms with Crippen LogP contribution in [0.1, 0.15) is 52.8 Å². The van der Waals surface area contributed by atoms with Gasteiger partial charge in [-0.25, -0.2) is 26.9 Å². The maximum absolute atomic E-state index is 15.9. The number of benzene rings is 6. The van der Waals surface area contributed by atoms with Crippen LogP contribution in [0.3, 0.4) is 0 Å². The van der Waals surface area contributed by atoms with Gasteiger partial charge in [-0.05, 0) is 51.7 Å². The average Bonchev–Trinajstić information content (AvgIpc) is 3.93. The first-order chi connectivity index (χ1) is 29.6. The molecule has 4 heterocycles. The van der Waals surface area contributed by atoms with Crippen molar-refractivity contribution in [2.75, 3.05) is 0 Å². The Kier molecular flexibility index (Phi) is 10.1. The molecule has 0 N–H and O–H groups in total. The zero-order chi connectivity index (χ0) is 43.4. The Labute approximate surface area is 374 Å². The number of nitrogens with zero attached hydrogens (tertiary/aromatic N) is 5. The molecule has 0 fully saturated rings. The summed E-state index contributed by atoms with van der Waals surface area (Å²) < 4.78 is 82.1. The zero-order valence-corrected chi connectivity index (χ0v) is 37.3. The van der Waals surface area contributed by atoms with Crippen LogP contribution in [0, 0.1) is 41.2 Å². The van der Waals surface area contributed by atoms with Gasteiger partial charge in [0.05, 0.1) is 11.3 Å². The molecular formula is C52H38F5N5Pt. The van der Waals surface area contributed by atoms with Crippen LogP contribution in [-0.4, -0.2) is 23.9 Å². The van der Waals surface area contributed by atoms with Crippen LogP contribution < -0.4 is 0 Å². The summed E-state index contributed by atoms with van der Waals surface area (Å²) in [6, 6.07) is 44.1. The van der Waals surface area contributed by atoms with Crippen molar-refractivity contribution >= 4 is 43.6 Å². The first kappa shape index (κ1) is 41.9. The summed E-state index contributed by atoms with van der Waals surface area (Å²) in [5, 5.41) is 8.81. The number of pyridine rings is 1. The summed E-state index contributed by atoms with van der Waals surface area (Å²) in [5.74, 6) is -9.41. The van der Waals surface area contributed by atoms with Crippen LogP contribution in [0.2, 0.25) is 0 Å². The molecule has 0 aliphatic carbocycles. The molecule has 10 rings (SSSR count). The minimum Gasteiger partial charge on any atom is -0.358 e. The number of hydrogen-bond acceptors (Lipinski definition) is 2. The van der Waals surface area contributed by atoms with Crippen LogP contribution in [0.4, 0.5) is 22.0 Å². The SMILES string of the molecule is CC(C)(C)c1ccnc(-n2c3[c-]c(-n4c5[c-]c(-n6nc(-c7ccccc7)c(-c7c(F)c(F)c(F)c(F)c7F)c6C(C)(C)C)ccc5c5ccccc54)ccc3c3ccccc32)c1.[Pt+2]. The average molecular weight is 1020 g/mol. The molecule has 4 aromatic heterocycles. The van der Waals surface area contributed by atoms with Gasteiger partial charge in [0, 0.05) is 33.8 Å². The molecule has 0 radical (unpaired) electrons. The normalized spacial score (nSPS) is 12.2. The third-order valence-corrected chi connectivity index (χ3v) is 11.5. The third-order valence-electron chi connectivity index (χ3n) is 11.5. The zero-order valence-electron chi connectivity index (χ0n) is 35.0. The van der Waals surface area contributed by atoms with Gasteiger partial charge < -0.3 is 9.13 Å². The van der Waals surface area contributed by atoms with Crippen LogP contribution in [0.15, 0.2) is 121 Å². The molecule has 10 aromatic rings. The van der Waals surface area contributed by atoms with Crippen molar-refractivity contribution in [3.05, 3.63) is 174 Å². The summed E-state index contributed by atoms with van der Waals surface area (Å²) in [4.78, 5) is 4.85. The van der Waals surface area contributed by atoms with Gasteiger partial charge in [-0.2, -0.15) is 17.2 Å². The Morgan fingerprint density at radius 2 is 1.03 bits per heavy atom. The quantitative estimate of drug-likeness (QED) is 0.0746. The number of halogens is 5. The molecular weight excluding hydrogens is 985 g/mol. The molecule has 0 amide bonds. The van der Waals surface area contributed by atoms with Gasteiger partial charge in [0.15, 0.2) is 23.3 Å². The topological polar surface area (TPSA) is 40.6 Å². The molecule has 63 heavy (non-hydrogen) atoms. The van der Waals surface area contributed by atoms with Crippen molar-refractivity contribution in [2.45, 2.75) is 52.4 Å². The molecule has 316 valence electrons. The van der Waals surface area contributed by atoms with Gasteiger partial charge in [-0.15, -0.1) is 35.0 Å². The Morgan fingerprint density at radius 1 is 0.508 bits per heavy atom. The molecule has 6 aromatic carbocycles. The second-order valence-corrected chi connectivity index (χ2v) is 17.6. The fourth-order valence-corrected chi connectivity index (χ4v) is 8.66. The van der Waals surface area contributed by atoms with Crippen LogP contribution in [0.25, 0.3) is 83.2 Å². The van der Waals surface area contributed by atoms with E-state index in [2.05, 4.69) is 66.3 Å². The summed E-state index contributed by atoms with van der Waals surface area (Å²) in [5.41, 5.74) is 3.97. The first-order valence-corrected chi connectivity index (χ1v) is 20.2. The number of fused-ring (bicyclic) bond motifs is 6. The standard InChI is InChI=1S/C52H38F5N5.Pt/c1-51(2,3)30-24-25-58-41(26-30)61-38-19-13-11-17-34(38)36-22-20-31(27-40(36)61)60-37-18-12-10-16-33(37)35-23-21-32(28-39(35)60)62-50(52(4,5)6)43(49(59-62)29-14-8-7-9-15-29)42-44(53)46(55)48(57)47(56)45(42)54;/h7-26H,1-6H3;/q-2;+2. The fourth-order valence-electron chi connectivity index (χ4n) is 8.66. The predicted octanol–water partition coefficient (Wildman–Crippen LogP) is 13.7. The summed E-state index contributed by atoms with van der Waals surface area (Å²) in [6.07, 6.45) is 1.84. The summed E-state index contributed by atoms with van der Waals surface area (Å²) in [7, 11) is 0. The molecule has 0 unspecified atom stereocenters. The first-order valence-electron chi connectivity index (χ1n) is 20.2. The monoisotopic (exact) mass is 1020 g/mol. The molecule has 0 aliphatic heterocycles. The van der Waals surface area contributed by atoms with E-state index in [0.29, 0.717) is 16.8 Å². The van der Waals surface area contributed by atoms with Gasteiger partial charge >= 0.3 is 21.1 Å². The van der Waals surface area contributed by atoms with Crippen LogP contribution >= 0.6 is 0 Å². The number of hydrogen-bond donors (Lipinski definition) is 0. The van der Waals surface area contributed by atoms with E-state index in [4.69, 9.17) is 10.1 Å². The van der Waals surface area contributed by atoms with Gasteiger partial charge in [-0.1, -0.05) is 125 Å². The van der Waals surface area contributed by atoms with E-state index in [1.807, 2.05) is 60.8 Å². The Morgan fingerprint density at radius 3 is 1.63 bits per heavy atom. The van der Waals surface area contributed by atoms with Crippen molar-refractivity contribution < 1.29 is 43.0 Å². The second kappa shape index (κ2) is 15.2. The van der Waals surface area contributed by atoms with Gasteiger partial charge in [-0.3, -0.25) is 4.68 Å². The van der Waals surface area contributed by atoms with Gasteiger partial charge in [0.2, 0.25) is 5.82 Å². The van der Waals surface area contributed by atoms with E-state index < -0.39 is 40.1 Å². The Balaban J connectivity index is 0.00000504. The van der Waals surface area contributed by atoms with E-state index >= 15 is 17.6 Å². The Bertz CT molecular complexity index is 3410. The van der Waals surface area contributed by atoms with Crippen molar-refractivity contribution in [1.82, 2.24) is 23.9 Å². The van der Waals surface area contributed by atoms with E-state index in [-0.39, 0.29) is 43.4 Å². The third kappa shape index (κ3) is 6.60. The molecule has 0 saturated heterocycles. The molecule has 0 aliphatic rings. The van der Waals surface area contributed by atoms with Gasteiger partial charge in [0.1, 0.15) is 11.5 Å². The van der Waals surface area contributed by atoms with E-state index in [1.165, 1.54) is 4.68 Å². The molecule has 11 heteroatoms. The number of para-hydroxylation sites is 2. The summed E-state index contributed by atoms with van der Waals surface area (Å²) >= 11 is 0. The second-order valence-electron chi connectivity index (χ2n) is 17.6. The molecule has 0 bridgehead atoms. The number of aromatic nitrogens is 5. The van der Waals surface area contributed by atoms with Crippen LogP contribution in [0.5, 0.6) is 0 Å². The predicted molar refractivity (Wildman–Crippen MR) is 236 cm³/mol. The fraction of sp³-hybridized carbons (Fsp3) is 0.154. The van der Waals surface area contributed by atoms with Gasteiger partial charge in [0.25, 0.3) is 0 Å². The smallest absolute Gasteiger partial charge is 0.358 e. The molecule has 0 saturated carbocycles. The van der Waals surface area contributed by atoms with Crippen molar-refractivity contribution in [1.29, 1.82) is 0 Å². The largest absolute Gasteiger partial charge is 2.00 e. The maximum Gasteiger partial charge on any atom is 2.00 e. The molecule has 5 nitrogen and oxygen atoms in total.